The number of carbonyl (C=O) groups excluding carboxylic acids is 2. The molecule has 1 heterocycles. The number of carbonyl (C=O) groups is 2. The van der Waals surface area contributed by atoms with Crippen molar-refractivity contribution in [3.8, 4) is 16.8 Å². The van der Waals surface area contributed by atoms with Crippen molar-refractivity contribution in [2.45, 2.75) is 18.4 Å². The number of hydrogen-bond acceptors (Lipinski definition) is 7. The molecule has 0 saturated carbocycles. The van der Waals surface area contributed by atoms with Crippen LogP contribution in [0.15, 0.2) is 77.7 Å². The van der Waals surface area contributed by atoms with Gasteiger partial charge in [-0.2, -0.15) is 5.10 Å². The van der Waals surface area contributed by atoms with Gasteiger partial charge in [-0.25, -0.2) is 22.3 Å². The van der Waals surface area contributed by atoms with Crippen LogP contribution >= 0.6 is 0 Å². The summed E-state index contributed by atoms with van der Waals surface area (Å²) in [5.74, 6) is -2.22. The topological polar surface area (TPSA) is 133 Å². The van der Waals surface area contributed by atoms with Crippen molar-refractivity contribution in [3.63, 3.8) is 0 Å². The second-order valence-electron chi connectivity index (χ2n) is 8.34. The first-order valence-corrected chi connectivity index (χ1v) is 13.5. The van der Waals surface area contributed by atoms with Crippen molar-refractivity contribution < 1.29 is 27.1 Å². The first kappa shape index (κ1) is 26.7. The Hall–Kier alpha value is -4.35. The predicted octanol–water partition coefficient (Wildman–Crippen LogP) is 3.97. The van der Waals surface area contributed by atoms with Crippen molar-refractivity contribution in [1.82, 2.24) is 9.78 Å². The summed E-state index contributed by atoms with van der Waals surface area (Å²) in [6, 6.07) is 18.5. The maximum atomic E-state index is 15.1. The van der Waals surface area contributed by atoms with Crippen LogP contribution in [0.4, 0.5) is 10.1 Å². The highest BCUT2D eigenvalue weighted by molar-refractivity contribution is 7.90. The minimum absolute atomic E-state index is 0.0341. The molecule has 0 bridgehead atoms. The third kappa shape index (κ3) is 5.63. The summed E-state index contributed by atoms with van der Waals surface area (Å²) < 4.78 is 45.7. The summed E-state index contributed by atoms with van der Waals surface area (Å²) in [6.07, 6.45) is 1.08. The van der Waals surface area contributed by atoms with Crippen LogP contribution in [0.1, 0.15) is 33.5 Å². The highest BCUT2D eigenvalue weighted by atomic mass is 32.2. The fourth-order valence-electron chi connectivity index (χ4n) is 3.86. The van der Waals surface area contributed by atoms with E-state index in [1.165, 1.54) is 28.9 Å². The van der Waals surface area contributed by atoms with E-state index in [0.29, 0.717) is 16.8 Å². The van der Waals surface area contributed by atoms with Crippen LogP contribution in [-0.2, 0) is 21.1 Å². The predicted molar refractivity (Wildman–Crippen MR) is 140 cm³/mol. The number of ether oxygens (including phenoxy) is 1. The molecule has 38 heavy (non-hydrogen) atoms. The Bertz CT molecular complexity index is 1630. The van der Waals surface area contributed by atoms with E-state index in [0.717, 1.165) is 17.9 Å². The molecule has 0 saturated heterocycles. The maximum Gasteiger partial charge on any atom is 0.358 e. The van der Waals surface area contributed by atoms with Gasteiger partial charge in [-0.1, -0.05) is 36.4 Å². The second kappa shape index (κ2) is 11.0. The van der Waals surface area contributed by atoms with Gasteiger partial charge in [-0.3, -0.25) is 4.79 Å². The Morgan fingerprint density at radius 3 is 2.50 bits per heavy atom. The number of rotatable bonds is 8. The normalized spacial score (nSPS) is 11.3. The van der Waals surface area contributed by atoms with E-state index < -0.39 is 27.5 Å². The van der Waals surface area contributed by atoms with E-state index in [4.69, 9.17) is 10.5 Å². The van der Waals surface area contributed by atoms with Gasteiger partial charge in [0.1, 0.15) is 11.5 Å². The fraction of sp³-hybridized carbons (Fsp3) is 0.148. The van der Waals surface area contributed by atoms with Crippen molar-refractivity contribution in [3.05, 3.63) is 95.6 Å². The monoisotopic (exact) mass is 536 g/mol. The third-order valence-corrected chi connectivity index (χ3v) is 6.79. The molecular formula is C27H25FN4O5S. The van der Waals surface area contributed by atoms with Gasteiger partial charge in [0.05, 0.1) is 22.9 Å². The van der Waals surface area contributed by atoms with Crippen LogP contribution in [0.5, 0.6) is 0 Å². The molecule has 1 amide bonds. The fourth-order valence-corrected chi connectivity index (χ4v) is 4.77. The highest BCUT2D eigenvalue weighted by Gasteiger charge is 2.23. The maximum absolute atomic E-state index is 15.1. The first-order chi connectivity index (χ1) is 18.1. The third-order valence-electron chi connectivity index (χ3n) is 5.63. The van der Waals surface area contributed by atoms with E-state index in [1.807, 2.05) is 0 Å². The van der Waals surface area contributed by atoms with Gasteiger partial charge in [0.15, 0.2) is 15.5 Å². The second-order valence-corrected chi connectivity index (χ2v) is 10.3. The number of halogens is 1. The number of nitrogens with one attached hydrogen (secondary N) is 1. The summed E-state index contributed by atoms with van der Waals surface area (Å²) in [7, 11) is -3.55. The van der Waals surface area contributed by atoms with Crippen LogP contribution in [0.3, 0.4) is 0 Å². The van der Waals surface area contributed by atoms with Gasteiger partial charge in [-0.15, -0.1) is 0 Å². The molecule has 0 spiro atoms. The lowest BCUT2D eigenvalue weighted by molar-refractivity contribution is 0.0519. The van der Waals surface area contributed by atoms with Crippen LogP contribution in [-0.4, -0.2) is 42.9 Å². The zero-order chi connectivity index (χ0) is 27.4. The molecule has 0 fully saturated rings. The lowest BCUT2D eigenvalue weighted by Crippen LogP contribution is -2.18. The standard InChI is InChI=1S/C27H25FN4O5S/c1-3-37-27(34)23-15-24(32(31-23)19-8-6-7-17(13-19)16-29)26(33)30-22-12-11-18(14-21(22)28)20-9-4-5-10-25(20)38(2,35)36/h4-15H,3,16,29H2,1-2H3,(H,30,33). The number of hydrogen-bond donors (Lipinski definition) is 2. The lowest BCUT2D eigenvalue weighted by Gasteiger charge is -2.12. The lowest BCUT2D eigenvalue weighted by atomic mass is 10.0. The minimum Gasteiger partial charge on any atom is -0.461 e. The van der Waals surface area contributed by atoms with Crippen molar-refractivity contribution in [2.24, 2.45) is 5.73 Å². The number of amides is 1. The molecule has 0 radical (unpaired) electrons. The first-order valence-electron chi connectivity index (χ1n) is 11.6. The largest absolute Gasteiger partial charge is 0.461 e. The molecule has 0 aliphatic rings. The highest BCUT2D eigenvalue weighted by Crippen LogP contribution is 2.30. The van der Waals surface area contributed by atoms with Gasteiger partial charge in [-0.05, 0) is 48.4 Å². The van der Waals surface area contributed by atoms with Crippen molar-refractivity contribution in [2.75, 3.05) is 18.2 Å². The molecule has 196 valence electrons. The average Bonchev–Trinajstić information content (AvgIpc) is 3.35. The summed E-state index contributed by atoms with van der Waals surface area (Å²) in [6.45, 7) is 2.02. The Balaban J connectivity index is 1.70. The molecule has 0 atom stereocenters. The molecule has 11 heteroatoms. The number of nitrogens with zero attached hydrogens (tertiary/aromatic N) is 2. The molecule has 0 aliphatic heterocycles. The van der Waals surface area contributed by atoms with Gasteiger partial charge in [0.2, 0.25) is 0 Å². The Morgan fingerprint density at radius 1 is 1.05 bits per heavy atom. The zero-order valence-electron chi connectivity index (χ0n) is 20.6. The zero-order valence-corrected chi connectivity index (χ0v) is 21.5. The van der Waals surface area contributed by atoms with Crippen LogP contribution in [0, 0.1) is 5.82 Å². The van der Waals surface area contributed by atoms with Crippen molar-refractivity contribution in [1.29, 1.82) is 0 Å². The molecule has 9 nitrogen and oxygen atoms in total. The number of nitrogens with two attached hydrogens (primary N) is 1. The van der Waals surface area contributed by atoms with Gasteiger partial charge in [0.25, 0.3) is 5.91 Å². The number of esters is 1. The Morgan fingerprint density at radius 2 is 1.82 bits per heavy atom. The Labute approximate surface area is 219 Å². The molecule has 1 aromatic heterocycles. The van der Waals surface area contributed by atoms with Crippen LogP contribution < -0.4 is 11.1 Å². The van der Waals surface area contributed by atoms with E-state index in [2.05, 4.69) is 10.4 Å². The summed E-state index contributed by atoms with van der Waals surface area (Å²) >= 11 is 0. The molecule has 3 aromatic carbocycles. The smallest absolute Gasteiger partial charge is 0.358 e. The van der Waals surface area contributed by atoms with Gasteiger partial charge in [0, 0.05) is 24.4 Å². The summed E-state index contributed by atoms with van der Waals surface area (Å²) in [5, 5.41) is 6.74. The van der Waals surface area contributed by atoms with E-state index >= 15 is 4.39 Å². The Kier molecular flexibility index (Phi) is 7.70. The van der Waals surface area contributed by atoms with E-state index in [-0.39, 0.29) is 35.1 Å². The van der Waals surface area contributed by atoms with E-state index in [9.17, 15) is 18.0 Å². The molecule has 4 rings (SSSR count). The number of aromatic nitrogens is 2. The molecule has 3 N–H and O–H groups in total. The number of benzene rings is 3. The van der Waals surface area contributed by atoms with Crippen LogP contribution in [0.2, 0.25) is 0 Å². The van der Waals surface area contributed by atoms with E-state index in [1.54, 1.807) is 49.4 Å². The number of sulfone groups is 1. The van der Waals surface area contributed by atoms with Gasteiger partial charge < -0.3 is 15.8 Å². The van der Waals surface area contributed by atoms with Crippen molar-refractivity contribution >= 4 is 27.4 Å². The SMILES string of the molecule is CCOC(=O)c1cc(C(=O)Nc2ccc(-c3ccccc3S(C)(=O)=O)cc2F)n(-c2cccc(CN)c2)n1. The molecular weight excluding hydrogens is 511 g/mol. The number of anilines is 1. The molecule has 0 unspecified atom stereocenters. The minimum atomic E-state index is -3.55. The quantitative estimate of drug-likeness (QED) is 0.326. The van der Waals surface area contributed by atoms with Crippen LogP contribution in [0.25, 0.3) is 16.8 Å². The molecule has 0 aliphatic carbocycles. The average molecular weight is 537 g/mol. The summed E-state index contributed by atoms with van der Waals surface area (Å²) in [5.41, 5.74) is 7.38. The summed E-state index contributed by atoms with van der Waals surface area (Å²) in [4.78, 5) is 25.6. The molecule has 4 aromatic rings. The van der Waals surface area contributed by atoms with Gasteiger partial charge >= 0.3 is 5.97 Å².